The summed E-state index contributed by atoms with van der Waals surface area (Å²) in [5.41, 5.74) is 3.18. The van der Waals surface area contributed by atoms with E-state index in [9.17, 15) is 4.79 Å². The number of nitrogens with one attached hydrogen (secondary N) is 3. The molecule has 0 spiro atoms. The molecule has 5 rings (SSSR count). The van der Waals surface area contributed by atoms with Crippen molar-refractivity contribution in [2.24, 2.45) is 0 Å². The summed E-state index contributed by atoms with van der Waals surface area (Å²) in [6.45, 7) is 1.47. The Bertz CT molecular complexity index is 1180. The third kappa shape index (κ3) is 2.54. The molecule has 0 radical (unpaired) electrons. The minimum absolute atomic E-state index is 0.119. The topological polar surface area (TPSA) is 92.0 Å². The molecule has 0 amide bonds. The van der Waals surface area contributed by atoms with Gasteiger partial charge in [-0.2, -0.15) is 5.10 Å². The van der Waals surface area contributed by atoms with Gasteiger partial charge in [-0.15, -0.1) is 0 Å². The van der Waals surface area contributed by atoms with E-state index in [1.807, 2.05) is 36.4 Å². The van der Waals surface area contributed by atoms with Gasteiger partial charge in [-0.3, -0.25) is 9.89 Å². The molecule has 0 bridgehead atoms. The predicted octanol–water partition coefficient (Wildman–Crippen LogP) is 2.79. The zero-order chi connectivity index (χ0) is 17.5. The largest absolute Gasteiger partial charge is 0.486 e. The van der Waals surface area contributed by atoms with Gasteiger partial charge in [0.2, 0.25) is 0 Å². The molecule has 3 N–H and O–H groups in total. The van der Waals surface area contributed by atoms with Crippen molar-refractivity contribution in [2.45, 2.75) is 6.54 Å². The summed E-state index contributed by atoms with van der Waals surface area (Å²) in [6.07, 6.45) is 1.77. The Balaban J connectivity index is 1.46. The van der Waals surface area contributed by atoms with Crippen molar-refractivity contribution in [1.29, 1.82) is 0 Å². The maximum absolute atomic E-state index is 12.4. The number of nitrogens with zero attached hydrogens (tertiary/aromatic N) is 1. The lowest BCUT2D eigenvalue weighted by atomic mass is 10.1. The number of aromatic amines is 2. The molecule has 0 atom stereocenters. The second-order valence-electron chi connectivity index (χ2n) is 6.23. The molecule has 0 saturated carbocycles. The molecular weight excluding hydrogens is 332 g/mol. The molecule has 2 aromatic carbocycles. The van der Waals surface area contributed by atoms with Gasteiger partial charge in [0.15, 0.2) is 11.5 Å². The third-order valence-electron chi connectivity index (χ3n) is 4.51. The van der Waals surface area contributed by atoms with E-state index in [1.165, 1.54) is 0 Å². The van der Waals surface area contributed by atoms with Gasteiger partial charge in [0.05, 0.1) is 17.2 Å². The first kappa shape index (κ1) is 14.8. The lowest BCUT2D eigenvalue weighted by Crippen LogP contribution is -2.17. The van der Waals surface area contributed by atoms with Crippen LogP contribution >= 0.6 is 0 Å². The number of anilines is 1. The third-order valence-corrected chi connectivity index (χ3v) is 4.51. The van der Waals surface area contributed by atoms with Crippen LogP contribution in [0.2, 0.25) is 0 Å². The predicted molar refractivity (Wildman–Crippen MR) is 99.0 cm³/mol. The van der Waals surface area contributed by atoms with Crippen molar-refractivity contribution in [3.8, 4) is 11.5 Å². The first-order valence-electron chi connectivity index (χ1n) is 8.39. The van der Waals surface area contributed by atoms with Crippen molar-refractivity contribution in [1.82, 2.24) is 15.2 Å². The smallest absolute Gasteiger partial charge is 0.253 e. The number of fused-ring (bicyclic) bond motifs is 3. The van der Waals surface area contributed by atoms with Crippen LogP contribution in [0.4, 0.5) is 5.69 Å². The Morgan fingerprint density at radius 3 is 2.73 bits per heavy atom. The lowest BCUT2D eigenvalue weighted by Gasteiger charge is -2.19. The van der Waals surface area contributed by atoms with E-state index in [-0.39, 0.29) is 5.56 Å². The summed E-state index contributed by atoms with van der Waals surface area (Å²) >= 11 is 0. The molecule has 130 valence electrons. The van der Waals surface area contributed by atoms with Crippen molar-refractivity contribution in [3.05, 3.63) is 58.5 Å². The van der Waals surface area contributed by atoms with E-state index in [1.54, 1.807) is 6.20 Å². The molecule has 1 aliphatic rings. The van der Waals surface area contributed by atoms with Gasteiger partial charge in [0.1, 0.15) is 13.2 Å². The molecular formula is C19H16N4O3. The Hall–Kier alpha value is -3.48. The van der Waals surface area contributed by atoms with Crippen molar-refractivity contribution < 1.29 is 9.47 Å². The Kier molecular flexibility index (Phi) is 3.31. The summed E-state index contributed by atoms with van der Waals surface area (Å²) in [5, 5.41) is 12.2. The maximum Gasteiger partial charge on any atom is 0.253 e. The van der Waals surface area contributed by atoms with Gasteiger partial charge in [-0.05, 0) is 30.3 Å². The fraction of sp³-hybridized carbons (Fsp3) is 0.158. The van der Waals surface area contributed by atoms with Crippen molar-refractivity contribution in [2.75, 3.05) is 18.5 Å². The van der Waals surface area contributed by atoms with Crippen LogP contribution in [0.15, 0.2) is 47.4 Å². The zero-order valence-electron chi connectivity index (χ0n) is 13.8. The minimum atomic E-state index is -0.119. The first-order valence-corrected chi connectivity index (χ1v) is 8.39. The summed E-state index contributed by atoms with van der Waals surface area (Å²) in [6, 6.07) is 11.5. The van der Waals surface area contributed by atoms with E-state index < -0.39 is 0 Å². The van der Waals surface area contributed by atoms with E-state index in [4.69, 9.17) is 9.47 Å². The number of rotatable bonds is 3. The number of benzene rings is 2. The van der Waals surface area contributed by atoms with Gasteiger partial charge < -0.3 is 19.8 Å². The van der Waals surface area contributed by atoms with E-state index in [0.29, 0.717) is 36.8 Å². The van der Waals surface area contributed by atoms with Gasteiger partial charge in [-0.1, -0.05) is 0 Å². The monoisotopic (exact) mass is 348 g/mol. The Morgan fingerprint density at radius 2 is 1.85 bits per heavy atom. The van der Waals surface area contributed by atoms with E-state index >= 15 is 0 Å². The van der Waals surface area contributed by atoms with Crippen LogP contribution in [0.5, 0.6) is 11.5 Å². The molecule has 7 nitrogen and oxygen atoms in total. The van der Waals surface area contributed by atoms with Crippen LogP contribution in [-0.2, 0) is 6.54 Å². The van der Waals surface area contributed by atoms with Crippen molar-refractivity contribution >= 4 is 27.5 Å². The SMILES string of the molecule is O=c1[nH]c2cc3c(cc2cc1CNc1ccc2[nH]ncc2c1)OCCO3. The highest BCUT2D eigenvalue weighted by Crippen LogP contribution is 2.33. The second-order valence-corrected chi connectivity index (χ2v) is 6.23. The Labute approximate surface area is 147 Å². The lowest BCUT2D eigenvalue weighted by molar-refractivity contribution is 0.172. The van der Waals surface area contributed by atoms with E-state index in [0.717, 1.165) is 27.5 Å². The standard InChI is InChI=1S/C19H16N4O3/c24-19-13(9-20-14-1-2-15-12(6-14)10-21-23-15)5-11-7-17-18(8-16(11)22-19)26-4-3-25-17/h1-2,5-8,10,20H,3-4,9H2,(H,21,23)(H,22,24). The summed E-state index contributed by atoms with van der Waals surface area (Å²) in [7, 11) is 0. The molecule has 7 heteroatoms. The molecule has 2 aromatic heterocycles. The fourth-order valence-corrected chi connectivity index (χ4v) is 3.17. The van der Waals surface area contributed by atoms with Crippen LogP contribution in [0, 0.1) is 0 Å². The zero-order valence-corrected chi connectivity index (χ0v) is 13.8. The molecule has 4 aromatic rings. The molecule has 0 aliphatic carbocycles. The van der Waals surface area contributed by atoms with Gasteiger partial charge in [-0.25, -0.2) is 0 Å². The molecule has 1 aliphatic heterocycles. The summed E-state index contributed by atoms with van der Waals surface area (Å²) in [4.78, 5) is 15.3. The molecule has 26 heavy (non-hydrogen) atoms. The number of aromatic nitrogens is 3. The van der Waals surface area contributed by atoms with Crippen molar-refractivity contribution in [3.63, 3.8) is 0 Å². The number of hydrogen-bond donors (Lipinski definition) is 3. The normalized spacial score (nSPS) is 13.2. The number of pyridine rings is 1. The fourth-order valence-electron chi connectivity index (χ4n) is 3.17. The maximum atomic E-state index is 12.4. The van der Waals surface area contributed by atoms with Gasteiger partial charge >= 0.3 is 0 Å². The summed E-state index contributed by atoms with van der Waals surface area (Å²) in [5.74, 6) is 1.37. The quantitative estimate of drug-likeness (QED) is 0.529. The highest BCUT2D eigenvalue weighted by atomic mass is 16.6. The van der Waals surface area contributed by atoms with Crippen LogP contribution in [0.3, 0.4) is 0 Å². The number of H-pyrrole nitrogens is 2. The second kappa shape index (κ2) is 5.80. The van der Waals surface area contributed by atoms with Crippen LogP contribution < -0.4 is 20.3 Å². The first-order chi connectivity index (χ1) is 12.8. The number of hydrogen-bond acceptors (Lipinski definition) is 5. The molecule has 0 unspecified atom stereocenters. The highest BCUT2D eigenvalue weighted by Gasteiger charge is 2.14. The van der Waals surface area contributed by atoms with Crippen LogP contribution in [0.25, 0.3) is 21.8 Å². The van der Waals surface area contributed by atoms with Crippen LogP contribution in [-0.4, -0.2) is 28.4 Å². The average molecular weight is 348 g/mol. The van der Waals surface area contributed by atoms with Gasteiger partial charge in [0, 0.05) is 34.6 Å². The minimum Gasteiger partial charge on any atom is -0.486 e. The molecule has 0 fully saturated rings. The van der Waals surface area contributed by atoms with Crippen LogP contribution in [0.1, 0.15) is 5.56 Å². The van der Waals surface area contributed by atoms with E-state index in [2.05, 4.69) is 20.5 Å². The highest BCUT2D eigenvalue weighted by molar-refractivity contribution is 5.83. The Morgan fingerprint density at radius 1 is 1.00 bits per heavy atom. The molecule has 3 heterocycles. The number of ether oxygens (including phenoxy) is 2. The molecule has 0 saturated heterocycles. The summed E-state index contributed by atoms with van der Waals surface area (Å²) < 4.78 is 11.2. The average Bonchev–Trinajstić information content (AvgIpc) is 3.12. The van der Waals surface area contributed by atoms with Gasteiger partial charge in [0.25, 0.3) is 5.56 Å².